The Labute approximate surface area is 115 Å². The largest absolute Gasteiger partial charge is 0.496 e. The maximum Gasteiger partial charge on any atom is 0.251 e. The molecule has 0 bridgehead atoms. The Morgan fingerprint density at radius 2 is 2.21 bits per heavy atom. The van der Waals surface area contributed by atoms with Crippen molar-refractivity contribution >= 4 is 17.4 Å². The maximum absolute atomic E-state index is 11.3. The van der Waals surface area contributed by atoms with Crippen LogP contribution in [0.25, 0.3) is 0 Å². The predicted octanol–water partition coefficient (Wildman–Crippen LogP) is 1.96. The monoisotopic (exact) mass is 277 g/mol. The molecular formula is C13H15N3O2S. The lowest BCUT2D eigenvalue weighted by molar-refractivity contribution is 0.411. The number of rotatable bonds is 4. The Hall–Kier alpha value is -1.95. The first kappa shape index (κ1) is 13.5. The summed E-state index contributed by atoms with van der Waals surface area (Å²) < 4.78 is 5.28. The second kappa shape index (κ2) is 5.79. The minimum Gasteiger partial charge on any atom is -0.496 e. The molecule has 5 nitrogen and oxygen atoms in total. The molecule has 1 aromatic heterocycles. The number of nitrogens with one attached hydrogen (secondary N) is 1. The Kier molecular flexibility index (Phi) is 4.11. The molecule has 1 aromatic carbocycles. The molecule has 2 aromatic rings. The Bertz CT molecular complexity index is 640. The van der Waals surface area contributed by atoms with Gasteiger partial charge in [-0.25, -0.2) is 4.98 Å². The molecule has 2 rings (SSSR count). The summed E-state index contributed by atoms with van der Waals surface area (Å²) in [5, 5.41) is 0.601. The smallest absolute Gasteiger partial charge is 0.251 e. The fraction of sp³-hybridized carbons (Fsp3) is 0.231. The van der Waals surface area contributed by atoms with Crippen molar-refractivity contribution in [3.8, 4) is 5.75 Å². The molecular weight excluding hydrogens is 262 g/mol. The lowest BCUT2D eigenvalue weighted by Crippen LogP contribution is -2.08. The van der Waals surface area contributed by atoms with Gasteiger partial charge in [0, 0.05) is 34.8 Å². The van der Waals surface area contributed by atoms with Crippen molar-refractivity contribution in [2.75, 3.05) is 12.8 Å². The maximum atomic E-state index is 11.3. The molecule has 19 heavy (non-hydrogen) atoms. The normalized spacial score (nSPS) is 10.4. The van der Waals surface area contributed by atoms with Crippen LogP contribution in [0.1, 0.15) is 11.3 Å². The number of thioether (sulfide) groups is 1. The fourth-order valence-corrected chi connectivity index (χ4v) is 2.56. The van der Waals surface area contributed by atoms with Gasteiger partial charge in [-0.1, -0.05) is 17.8 Å². The quantitative estimate of drug-likeness (QED) is 0.507. The summed E-state index contributed by atoms with van der Waals surface area (Å²) >= 11 is 1.45. The Morgan fingerprint density at radius 1 is 1.42 bits per heavy atom. The van der Waals surface area contributed by atoms with E-state index in [1.165, 1.54) is 17.8 Å². The number of H-pyrrole nitrogens is 1. The number of benzene rings is 1. The van der Waals surface area contributed by atoms with E-state index in [1.807, 2.05) is 12.1 Å². The first-order chi connectivity index (χ1) is 9.08. The fourth-order valence-electron chi connectivity index (χ4n) is 1.65. The van der Waals surface area contributed by atoms with Gasteiger partial charge < -0.3 is 15.5 Å². The number of hydrogen-bond acceptors (Lipinski definition) is 5. The standard InChI is InChI=1S/C13H15N3O2S/c1-8-5-12(17)16-13(15-8)19-7-9-3-4-10(14)6-11(9)18-2/h3-6H,7,14H2,1-2H3,(H,15,16,17). The zero-order chi connectivity index (χ0) is 13.8. The summed E-state index contributed by atoms with van der Waals surface area (Å²) in [6, 6.07) is 6.98. The highest BCUT2D eigenvalue weighted by molar-refractivity contribution is 7.98. The summed E-state index contributed by atoms with van der Waals surface area (Å²) in [5.41, 5.74) is 7.93. The number of aromatic nitrogens is 2. The van der Waals surface area contributed by atoms with E-state index in [-0.39, 0.29) is 5.56 Å². The van der Waals surface area contributed by atoms with E-state index in [1.54, 1.807) is 20.1 Å². The molecule has 0 aliphatic rings. The van der Waals surface area contributed by atoms with E-state index in [4.69, 9.17) is 10.5 Å². The topological polar surface area (TPSA) is 81.0 Å². The highest BCUT2D eigenvalue weighted by Crippen LogP contribution is 2.27. The molecule has 0 amide bonds. The van der Waals surface area contributed by atoms with Gasteiger partial charge >= 0.3 is 0 Å². The lowest BCUT2D eigenvalue weighted by atomic mass is 10.2. The first-order valence-electron chi connectivity index (χ1n) is 5.71. The average molecular weight is 277 g/mol. The van der Waals surface area contributed by atoms with Crippen molar-refractivity contribution in [2.45, 2.75) is 17.8 Å². The van der Waals surface area contributed by atoms with Gasteiger partial charge in [-0.2, -0.15) is 0 Å². The summed E-state index contributed by atoms with van der Waals surface area (Å²) in [4.78, 5) is 18.3. The third-order valence-electron chi connectivity index (χ3n) is 2.52. The summed E-state index contributed by atoms with van der Waals surface area (Å²) in [6.07, 6.45) is 0. The van der Waals surface area contributed by atoms with E-state index in [0.29, 0.717) is 22.3 Å². The van der Waals surface area contributed by atoms with Gasteiger partial charge in [-0.05, 0) is 13.0 Å². The number of hydrogen-bond donors (Lipinski definition) is 2. The summed E-state index contributed by atoms with van der Waals surface area (Å²) in [7, 11) is 1.61. The SMILES string of the molecule is COc1cc(N)ccc1CSc1nc(C)cc(=O)[nH]1. The van der Waals surface area contributed by atoms with Gasteiger partial charge in [0.25, 0.3) is 5.56 Å². The highest BCUT2D eigenvalue weighted by Gasteiger charge is 2.06. The minimum atomic E-state index is -0.140. The van der Waals surface area contributed by atoms with Gasteiger partial charge in [-0.15, -0.1) is 0 Å². The molecule has 0 aliphatic heterocycles. The van der Waals surface area contributed by atoms with Crippen molar-refractivity contribution in [1.82, 2.24) is 9.97 Å². The van der Waals surface area contributed by atoms with Crippen molar-refractivity contribution in [1.29, 1.82) is 0 Å². The molecule has 0 unspecified atom stereocenters. The zero-order valence-corrected chi connectivity index (χ0v) is 11.6. The van der Waals surface area contributed by atoms with E-state index in [9.17, 15) is 4.79 Å². The molecule has 0 saturated carbocycles. The second-order valence-electron chi connectivity index (χ2n) is 4.05. The van der Waals surface area contributed by atoms with Crippen LogP contribution < -0.4 is 16.0 Å². The van der Waals surface area contributed by atoms with Crippen molar-refractivity contribution in [3.63, 3.8) is 0 Å². The van der Waals surface area contributed by atoms with Gasteiger partial charge in [0.05, 0.1) is 7.11 Å². The number of nitrogen functional groups attached to an aromatic ring is 1. The van der Waals surface area contributed by atoms with E-state index in [2.05, 4.69) is 9.97 Å². The number of nitrogens with two attached hydrogens (primary N) is 1. The molecule has 0 radical (unpaired) electrons. The average Bonchev–Trinajstić information content (AvgIpc) is 2.36. The van der Waals surface area contributed by atoms with Crippen molar-refractivity contribution in [2.24, 2.45) is 0 Å². The van der Waals surface area contributed by atoms with Crippen LogP contribution in [0.2, 0.25) is 0 Å². The molecule has 0 spiro atoms. The van der Waals surface area contributed by atoms with Crippen LogP contribution in [0, 0.1) is 6.92 Å². The number of anilines is 1. The van der Waals surface area contributed by atoms with Crippen LogP contribution >= 0.6 is 11.8 Å². The van der Waals surface area contributed by atoms with Gasteiger partial charge in [0.1, 0.15) is 5.75 Å². The molecule has 100 valence electrons. The van der Waals surface area contributed by atoms with Crippen LogP contribution in [-0.2, 0) is 5.75 Å². The third-order valence-corrected chi connectivity index (χ3v) is 3.45. The molecule has 0 fully saturated rings. The minimum absolute atomic E-state index is 0.140. The zero-order valence-electron chi connectivity index (χ0n) is 10.8. The molecule has 3 N–H and O–H groups in total. The van der Waals surface area contributed by atoms with Crippen LogP contribution in [0.15, 0.2) is 34.2 Å². The van der Waals surface area contributed by atoms with Crippen molar-refractivity contribution < 1.29 is 4.74 Å². The van der Waals surface area contributed by atoms with E-state index >= 15 is 0 Å². The van der Waals surface area contributed by atoms with Crippen LogP contribution in [0.4, 0.5) is 5.69 Å². The van der Waals surface area contributed by atoms with Crippen LogP contribution in [0.3, 0.4) is 0 Å². The highest BCUT2D eigenvalue weighted by atomic mass is 32.2. The molecule has 6 heteroatoms. The van der Waals surface area contributed by atoms with E-state index < -0.39 is 0 Å². The first-order valence-corrected chi connectivity index (χ1v) is 6.70. The molecule has 1 heterocycles. The number of aryl methyl sites for hydroxylation is 1. The number of ether oxygens (including phenoxy) is 1. The molecule has 0 saturated heterocycles. The predicted molar refractivity (Wildman–Crippen MR) is 76.6 cm³/mol. The Balaban J connectivity index is 2.16. The van der Waals surface area contributed by atoms with Crippen LogP contribution in [0.5, 0.6) is 5.75 Å². The number of methoxy groups -OCH3 is 1. The third kappa shape index (κ3) is 3.51. The summed E-state index contributed by atoms with van der Waals surface area (Å²) in [5.74, 6) is 1.39. The van der Waals surface area contributed by atoms with Crippen molar-refractivity contribution in [3.05, 3.63) is 45.9 Å². The number of aromatic amines is 1. The Morgan fingerprint density at radius 3 is 2.89 bits per heavy atom. The number of nitrogens with zero attached hydrogens (tertiary/aromatic N) is 1. The lowest BCUT2D eigenvalue weighted by Gasteiger charge is -2.08. The van der Waals surface area contributed by atoms with Crippen LogP contribution in [-0.4, -0.2) is 17.1 Å². The second-order valence-corrected chi connectivity index (χ2v) is 5.02. The van der Waals surface area contributed by atoms with E-state index in [0.717, 1.165) is 11.3 Å². The summed E-state index contributed by atoms with van der Waals surface area (Å²) in [6.45, 7) is 1.79. The van der Waals surface area contributed by atoms with Gasteiger partial charge in [-0.3, -0.25) is 4.79 Å². The van der Waals surface area contributed by atoms with Gasteiger partial charge in [0.2, 0.25) is 0 Å². The molecule has 0 aliphatic carbocycles. The molecule has 0 atom stereocenters. The van der Waals surface area contributed by atoms with Gasteiger partial charge in [0.15, 0.2) is 5.16 Å².